The first-order valence-corrected chi connectivity index (χ1v) is 9.72. The molecule has 0 aliphatic carbocycles. The zero-order valence-corrected chi connectivity index (χ0v) is 16.7. The van der Waals surface area contributed by atoms with E-state index in [1.54, 1.807) is 0 Å². The summed E-state index contributed by atoms with van der Waals surface area (Å²) >= 11 is 0. The van der Waals surface area contributed by atoms with Gasteiger partial charge in [0.2, 0.25) is 12.1 Å². The Morgan fingerprint density at radius 3 is 2.31 bits per heavy atom. The van der Waals surface area contributed by atoms with Crippen LogP contribution in [0.3, 0.4) is 0 Å². The molecule has 0 unspecified atom stereocenters. The van der Waals surface area contributed by atoms with Crippen molar-refractivity contribution in [1.29, 1.82) is 0 Å². The van der Waals surface area contributed by atoms with Crippen molar-refractivity contribution in [2.24, 2.45) is 0 Å². The highest BCUT2D eigenvalue weighted by molar-refractivity contribution is 6.05. The molecule has 32 heavy (non-hydrogen) atoms. The van der Waals surface area contributed by atoms with Crippen LogP contribution in [0, 0.1) is 0 Å². The number of aliphatic hydroxyl groups is 4. The summed E-state index contributed by atoms with van der Waals surface area (Å²) in [7, 11) is 0. The largest absolute Gasteiger partial charge is 0.508 e. The lowest BCUT2D eigenvalue weighted by Gasteiger charge is -2.39. The Morgan fingerprint density at radius 2 is 1.62 bits per heavy atom. The fraction of sp³-hybridized carbons (Fsp3) is 0.381. The van der Waals surface area contributed by atoms with Crippen LogP contribution in [-0.2, 0) is 4.74 Å². The maximum absolute atomic E-state index is 12.5. The number of ether oxygens (including phenoxy) is 3. The average Bonchev–Trinajstić information content (AvgIpc) is 2.73. The van der Waals surface area contributed by atoms with Crippen LogP contribution in [0.2, 0.25) is 0 Å². The van der Waals surface area contributed by atoms with Gasteiger partial charge in [0.05, 0.1) is 6.10 Å². The van der Waals surface area contributed by atoms with E-state index >= 15 is 0 Å². The number of fused-ring (bicyclic) bond motifs is 1. The van der Waals surface area contributed by atoms with Gasteiger partial charge < -0.3 is 50.0 Å². The minimum Gasteiger partial charge on any atom is -0.508 e. The molecule has 0 radical (unpaired) electrons. The van der Waals surface area contributed by atoms with Gasteiger partial charge in [-0.15, -0.1) is 0 Å². The van der Waals surface area contributed by atoms with E-state index in [2.05, 4.69) is 0 Å². The van der Waals surface area contributed by atoms with Crippen LogP contribution < -0.4 is 9.47 Å². The van der Waals surface area contributed by atoms with E-state index in [9.17, 15) is 40.5 Å². The second-order valence-electron chi connectivity index (χ2n) is 7.71. The average molecular weight is 450 g/mol. The molecule has 1 fully saturated rings. The number of phenolic OH excluding ortho intramolecular Hbond substituents is 3. The second kappa shape index (κ2) is 8.11. The third-order valence-electron chi connectivity index (χ3n) is 5.48. The summed E-state index contributed by atoms with van der Waals surface area (Å²) in [5.41, 5.74) is -0.0906. The second-order valence-corrected chi connectivity index (χ2v) is 7.71. The van der Waals surface area contributed by atoms with Crippen LogP contribution >= 0.6 is 0 Å². The van der Waals surface area contributed by atoms with Gasteiger partial charge in [-0.05, 0) is 24.6 Å². The summed E-state index contributed by atoms with van der Waals surface area (Å²) in [5.74, 6) is -2.43. The first kappa shape index (κ1) is 22.1. The molecular formula is C21H22O11. The van der Waals surface area contributed by atoms with Crippen molar-refractivity contribution >= 4 is 5.78 Å². The van der Waals surface area contributed by atoms with E-state index in [1.165, 1.54) is 19.1 Å². The van der Waals surface area contributed by atoms with E-state index < -0.39 is 60.2 Å². The van der Waals surface area contributed by atoms with Crippen molar-refractivity contribution in [2.75, 3.05) is 0 Å². The normalized spacial score (nSPS) is 32.2. The summed E-state index contributed by atoms with van der Waals surface area (Å²) in [4.78, 5) is 12.5. The van der Waals surface area contributed by atoms with Crippen molar-refractivity contribution in [3.05, 3.63) is 41.5 Å². The zero-order chi connectivity index (χ0) is 23.3. The summed E-state index contributed by atoms with van der Waals surface area (Å²) in [6, 6.07) is 5.89. The minimum absolute atomic E-state index is 0.136. The Morgan fingerprint density at radius 1 is 0.906 bits per heavy atom. The highest BCUT2D eigenvalue weighted by Gasteiger charge is 2.44. The molecule has 2 aromatic rings. The van der Waals surface area contributed by atoms with Crippen LogP contribution in [0.5, 0.6) is 28.7 Å². The molecule has 11 heteroatoms. The molecule has 2 heterocycles. The number of carbonyl (C=O) groups is 1. The number of benzene rings is 2. The molecule has 0 bridgehead atoms. The maximum Gasteiger partial charge on any atom is 0.229 e. The number of aliphatic hydroxyl groups excluding tert-OH is 4. The van der Waals surface area contributed by atoms with Crippen molar-refractivity contribution in [1.82, 2.24) is 0 Å². The monoisotopic (exact) mass is 450 g/mol. The van der Waals surface area contributed by atoms with E-state index in [0.29, 0.717) is 0 Å². The molecule has 1 saturated heterocycles. The molecule has 2 aliphatic rings. The number of hydrogen-bond donors (Lipinski definition) is 7. The Bertz CT molecular complexity index is 1040. The van der Waals surface area contributed by atoms with E-state index in [4.69, 9.17) is 14.2 Å². The molecule has 0 spiro atoms. The Hall–Kier alpha value is -3.09. The summed E-state index contributed by atoms with van der Waals surface area (Å²) in [6.45, 7) is 1.48. The Balaban J connectivity index is 1.58. The SMILES string of the molecule is C[C@H]1O[C@@H](Oc2ccc([C@@H]3Oc4cc(O)cc(O)c4C(=O)[C@H]3O)cc2O)[C@H](O)[C@H](O)[C@H]1O. The van der Waals surface area contributed by atoms with Crippen molar-refractivity contribution in [3.8, 4) is 28.7 Å². The third-order valence-corrected chi connectivity index (χ3v) is 5.48. The van der Waals surface area contributed by atoms with Crippen molar-refractivity contribution in [2.45, 2.75) is 49.8 Å². The summed E-state index contributed by atoms with van der Waals surface area (Å²) in [6.07, 6.45) is -9.60. The van der Waals surface area contributed by atoms with Gasteiger partial charge in [0.25, 0.3) is 0 Å². The number of ketones is 1. The standard InChI is InChI=1S/C21H22O11/c1-7-15(25)17(27)19(29)21(30-7)32-12-3-2-8(4-10(12)23)20-18(28)16(26)14-11(24)5-9(22)6-13(14)31-20/h2-7,15,17-25,27-29H,1H3/t7-,15+,17-,18-,19-,20+,21+/m1/s1. The predicted octanol–water partition coefficient (Wildman–Crippen LogP) is -0.313. The molecule has 2 aliphatic heterocycles. The lowest BCUT2D eigenvalue weighted by Crippen LogP contribution is -2.58. The molecule has 0 aromatic heterocycles. The Kier molecular flexibility index (Phi) is 5.61. The number of hydrogen-bond acceptors (Lipinski definition) is 11. The van der Waals surface area contributed by atoms with Gasteiger partial charge in [-0.3, -0.25) is 4.79 Å². The number of aromatic hydroxyl groups is 3. The van der Waals surface area contributed by atoms with Crippen molar-refractivity contribution < 1.29 is 54.8 Å². The minimum atomic E-state index is -1.70. The van der Waals surface area contributed by atoms with E-state index in [-0.39, 0.29) is 28.4 Å². The van der Waals surface area contributed by atoms with Crippen LogP contribution in [0.25, 0.3) is 0 Å². The molecule has 0 saturated carbocycles. The zero-order valence-electron chi connectivity index (χ0n) is 16.7. The summed E-state index contributed by atoms with van der Waals surface area (Å²) < 4.78 is 16.4. The van der Waals surface area contributed by atoms with Gasteiger partial charge in [-0.1, -0.05) is 6.07 Å². The van der Waals surface area contributed by atoms with Crippen LogP contribution in [0.1, 0.15) is 28.9 Å². The number of carbonyl (C=O) groups excluding carboxylic acids is 1. The number of phenols is 3. The van der Waals surface area contributed by atoms with Crippen LogP contribution in [-0.4, -0.2) is 78.3 Å². The van der Waals surface area contributed by atoms with Gasteiger partial charge in [-0.25, -0.2) is 0 Å². The third kappa shape index (κ3) is 3.70. The lowest BCUT2D eigenvalue weighted by atomic mass is 9.92. The first-order valence-electron chi connectivity index (χ1n) is 9.72. The van der Waals surface area contributed by atoms with Crippen LogP contribution in [0.4, 0.5) is 0 Å². The van der Waals surface area contributed by atoms with Crippen LogP contribution in [0.15, 0.2) is 30.3 Å². The molecule has 7 N–H and O–H groups in total. The molecule has 0 amide bonds. The topological polar surface area (TPSA) is 186 Å². The highest BCUT2D eigenvalue weighted by Crippen LogP contribution is 2.43. The first-order chi connectivity index (χ1) is 15.1. The predicted molar refractivity (Wildman–Crippen MR) is 105 cm³/mol. The van der Waals surface area contributed by atoms with Gasteiger partial charge in [0.15, 0.2) is 23.7 Å². The van der Waals surface area contributed by atoms with E-state index in [0.717, 1.165) is 18.2 Å². The van der Waals surface area contributed by atoms with Gasteiger partial charge in [0.1, 0.15) is 41.1 Å². The summed E-state index contributed by atoms with van der Waals surface area (Å²) in [5, 5.41) is 70.0. The molecule has 172 valence electrons. The fourth-order valence-corrected chi connectivity index (χ4v) is 3.71. The molecule has 4 rings (SSSR count). The number of Topliss-reactive ketones (excluding diaryl/α,β-unsaturated/α-hetero) is 1. The molecule has 7 atom stereocenters. The van der Waals surface area contributed by atoms with Gasteiger partial charge >= 0.3 is 0 Å². The maximum atomic E-state index is 12.5. The van der Waals surface area contributed by atoms with Gasteiger partial charge in [0, 0.05) is 12.1 Å². The number of rotatable bonds is 3. The van der Waals surface area contributed by atoms with E-state index in [1.807, 2.05) is 0 Å². The lowest BCUT2D eigenvalue weighted by molar-refractivity contribution is -0.268. The molecule has 2 aromatic carbocycles. The molecular weight excluding hydrogens is 428 g/mol. The molecule has 11 nitrogen and oxygen atoms in total. The fourth-order valence-electron chi connectivity index (χ4n) is 3.71. The highest BCUT2D eigenvalue weighted by atomic mass is 16.7. The van der Waals surface area contributed by atoms with Gasteiger partial charge in [-0.2, -0.15) is 0 Å². The Labute approximate surface area is 181 Å². The van der Waals surface area contributed by atoms with Crippen molar-refractivity contribution in [3.63, 3.8) is 0 Å². The quantitative estimate of drug-likeness (QED) is 0.325. The smallest absolute Gasteiger partial charge is 0.229 e.